The first kappa shape index (κ1) is 22.6. The average Bonchev–Trinajstić information content (AvgIpc) is 3.05. The monoisotopic (exact) mass is 437 g/mol. The molecule has 3 rings (SSSR count). The first-order valence-corrected chi connectivity index (χ1v) is 10.8. The fourth-order valence-corrected chi connectivity index (χ4v) is 4.42. The number of hydrogen-bond acceptors (Lipinski definition) is 5. The summed E-state index contributed by atoms with van der Waals surface area (Å²) in [6.07, 6.45) is 0. The van der Waals surface area contributed by atoms with E-state index in [0.717, 1.165) is 32.7 Å². The fraction of sp³-hybridized carbons (Fsp3) is 0.280. The van der Waals surface area contributed by atoms with Gasteiger partial charge in [0.15, 0.2) is 6.61 Å². The topological polar surface area (TPSA) is 64.6 Å². The third-order valence-corrected chi connectivity index (χ3v) is 6.25. The molecule has 0 radical (unpaired) electrons. The Morgan fingerprint density at radius 1 is 0.935 bits per heavy atom. The van der Waals surface area contributed by atoms with Gasteiger partial charge >= 0.3 is 5.97 Å². The minimum Gasteiger partial charge on any atom is -0.483 e. The van der Waals surface area contributed by atoms with Crippen molar-refractivity contribution in [2.45, 2.75) is 34.6 Å². The lowest BCUT2D eigenvalue weighted by Crippen LogP contribution is -2.21. The lowest BCUT2D eigenvalue weighted by molar-refractivity contribution is -0.118. The lowest BCUT2D eigenvalue weighted by atomic mass is 9.97. The van der Waals surface area contributed by atoms with Crippen molar-refractivity contribution in [3.8, 4) is 16.9 Å². The molecule has 31 heavy (non-hydrogen) atoms. The molecule has 2 aromatic carbocycles. The lowest BCUT2D eigenvalue weighted by Gasteiger charge is -2.11. The molecule has 5 nitrogen and oxygen atoms in total. The van der Waals surface area contributed by atoms with Crippen LogP contribution in [0.1, 0.15) is 37.5 Å². The van der Waals surface area contributed by atoms with Crippen molar-refractivity contribution in [3.63, 3.8) is 0 Å². The smallest absolute Gasteiger partial charge is 0.341 e. The first-order valence-electron chi connectivity index (χ1n) is 10.0. The maximum absolute atomic E-state index is 12.6. The van der Waals surface area contributed by atoms with E-state index in [0.29, 0.717) is 16.3 Å². The minimum absolute atomic E-state index is 0.152. The van der Waals surface area contributed by atoms with Crippen LogP contribution in [-0.4, -0.2) is 25.6 Å². The zero-order valence-electron chi connectivity index (χ0n) is 18.7. The summed E-state index contributed by atoms with van der Waals surface area (Å²) in [4.78, 5) is 26.2. The van der Waals surface area contributed by atoms with Crippen LogP contribution >= 0.6 is 11.3 Å². The van der Waals surface area contributed by atoms with Crippen LogP contribution in [0.4, 0.5) is 5.00 Å². The Labute approximate surface area is 187 Å². The van der Waals surface area contributed by atoms with Gasteiger partial charge in [0.2, 0.25) is 0 Å². The summed E-state index contributed by atoms with van der Waals surface area (Å²) in [5.41, 5.74) is 6.39. The Kier molecular flexibility index (Phi) is 6.81. The molecule has 0 aliphatic carbocycles. The molecule has 6 heteroatoms. The second-order valence-corrected chi connectivity index (χ2v) is 8.86. The second kappa shape index (κ2) is 9.35. The van der Waals surface area contributed by atoms with Gasteiger partial charge in [0.05, 0.1) is 7.11 Å². The van der Waals surface area contributed by atoms with Crippen LogP contribution in [0.3, 0.4) is 0 Å². The Bertz CT molecular complexity index is 1150. The summed E-state index contributed by atoms with van der Waals surface area (Å²) >= 11 is 1.36. The normalized spacial score (nSPS) is 10.6. The van der Waals surface area contributed by atoms with Crippen molar-refractivity contribution in [1.82, 2.24) is 0 Å². The van der Waals surface area contributed by atoms with Crippen molar-refractivity contribution in [3.05, 3.63) is 69.1 Å². The number of hydrogen-bond donors (Lipinski definition) is 1. The number of carbonyl (C=O) groups excluding carboxylic acids is 2. The van der Waals surface area contributed by atoms with Gasteiger partial charge in [0, 0.05) is 10.4 Å². The number of esters is 1. The van der Waals surface area contributed by atoms with E-state index in [2.05, 4.69) is 5.32 Å². The summed E-state index contributed by atoms with van der Waals surface area (Å²) in [6, 6.07) is 11.9. The summed E-state index contributed by atoms with van der Waals surface area (Å²) in [7, 11) is 1.34. The van der Waals surface area contributed by atoms with E-state index in [4.69, 9.17) is 9.47 Å². The van der Waals surface area contributed by atoms with Gasteiger partial charge in [0.25, 0.3) is 5.91 Å². The van der Waals surface area contributed by atoms with Crippen LogP contribution < -0.4 is 10.1 Å². The van der Waals surface area contributed by atoms with E-state index in [-0.39, 0.29) is 12.5 Å². The SMILES string of the molecule is COC(=O)c1c(NC(=O)COc2cc(C)ccc2C)sc(C)c1-c1ccc(C)c(C)c1. The molecular formula is C25H27NO4S. The van der Waals surface area contributed by atoms with Crippen molar-refractivity contribution in [2.24, 2.45) is 0 Å². The van der Waals surface area contributed by atoms with Gasteiger partial charge in [-0.25, -0.2) is 4.79 Å². The van der Waals surface area contributed by atoms with Crippen LogP contribution in [0.2, 0.25) is 0 Å². The maximum atomic E-state index is 12.6. The van der Waals surface area contributed by atoms with Gasteiger partial charge in [-0.15, -0.1) is 11.3 Å². The first-order chi connectivity index (χ1) is 14.7. The molecule has 0 aliphatic rings. The molecule has 0 aliphatic heterocycles. The van der Waals surface area contributed by atoms with E-state index < -0.39 is 5.97 Å². The van der Waals surface area contributed by atoms with Gasteiger partial charge in [-0.3, -0.25) is 4.79 Å². The Morgan fingerprint density at radius 2 is 1.65 bits per heavy atom. The summed E-state index contributed by atoms with van der Waals surface area (Å²) in [5, 5.41) is 3.31. The van der Waals surface area contributed by atoms with Crippen molar-refractivity contribution in [1.29, 1.82) is 0 Å². The van der Waals surface area contributed by atoms with E-state index in [9.17, 15) is 9.59 Å². The molecule has 0 atom stereocenters. The van der Waals surface area contributed by atoms with Crippen LogP contribution in [0, 0.1) is 34.6 Å². The van der Waals surface area contributed by atoms with E-state index >= 15 is 0 Å². The number of thiophene rings is 1. The standard InChI is InChI=1S/C25H27NO4S/c1-14-7-8-16(3)20(11-14)30-13-21(27)26-24-23(25(28)29-6)22(18(5)31-24)19-10-9-15(2)17(4)12-19/h7-12H,13H2,1-6H3,(H,26,27). The minimum atomic E-state index is -0.483. The largest absolute Gasteiger partial charge is 0.483 e. The number of benzene rings is 2. The zero-order chi connectivity index (χ0) is 22.7. The molecular weight excluding hydrogens is 410 g/mol. The van der Waals surface area contributed by atoms with Gasteiger partial charge < -0.3 is 14.8 Å². The number of aryl methyl sites for hydroxylation is 5. The van der Waals surface area contributed by atoms with Crippen LogP contribution in [0.15, 0.2) is 36.4 Å². The summed E-state index contributed by atoms with van der Waals surface area (Å²) in [5.74, 6) is -0.149. The Morgan fingerprint density at radius 3 is 2.32 bits per heavy atom. The van der Waals surface area contributed by atoms with E-state index in [1.165, 1.54) is 24.0 Å². The molecule has 0 unspecified atom stereocenters. The van der Waals surface area contributed by atoms with Crippen molar-refractivity contribution in [2.75, 3.05) is 19.0 Å². The molecule has 1 amide bonds. The number of carbonyl (C=O) groups is 2. The average molecular weight is 438 g/mol. The number of rotatable bonds is 6. The second-order valence-electron chi connectivity index (χ2n) is 7.63. The third kappa shape index (κ3) is 4.97. The van der Waals surface area contributed by atoms with Gasteiger partial charge in [-0.05, 0) is 68.5 Å². The molecule has 0 fully saturated rings. The highest BCUT2D eigenvalue weighted by atomic mass is 32.1. The molecule has 0 saturated carbocycles. The van der Waals surface area contributed by atoms with Crippen LogP contribution in [0.25, 0.3) is 11.1 Å². The van der Waals surface area contributed by atoms with Gasteiger partial charge in [-0.1, -0.05) is 30.3 Å². The van der Waals surface area contributed by atoms with Crippen molar-refractivity contribution < 1.29 is 19.1 Å². The molecule has 1 aromatic heterocycles. The quantitative estimate of drug-likeness (QED) is 0.498. The van der Waals surface area contributed by atoms with Gasteiger partial charge in [0.1, 0.15) is 16.3 Å². The fourth-order valence-electron chi connectivity index (χ4n) is 3.34. The predicted molar refractivity (Wildman–Crippen MR) is 125 cm³/mol. The highest BCUT2D eigenvalue weighted by molar-refractivity contribution is 7.17. The number of nitrogens with one attached hydrogen (secondary N) is 1. The zero-order valence-corrected chi connectivity index (χ0v) is 19.5. The molecule has 3 aromatic rings. The van der Waals surface area contributed by atoms with E-state index in [1.807, 2.05) is 71.0 Å². The van der Waals surface area contributed by atoms with E-state index in [1.54, 1.807) is 0 Å². The Hall–Kier alpha value is -3.12. The van der Waals surface area contributed by atoms with Crippen LogP contribution in [-0.2, 0) is 9.53 Å². The summed E-state index contributed by atoms with van der Waals surface area (Å²) < 4.78 is 10.7. The molecule has 1 N–H and O–H groups in total. The highest BCUT2D eigenvalue weighted by Crippen LogP contribution is 2.40. The third-order valence-electron chi connectivity index (χ3n) is 5.22. The molecule has 162 valence electrons. The predicted octanol–water partition coefficient (Wildman–Crippen LogP) is 5.76. The number of ether oxygens (including phenoxy) is 2. The number of methoxy groups -OCH3 is 1. The van der Waals surface area contributed by atoms with Crippen molar-refractivity contribution >= 4 is 28.2 Å². The Balaban J connectivity index is 1.88. The maximum Gasteiger partial charge on any atom is 0.341 e. The summed E-state index contributed by atoms with van der Waals surface area (Å²) in [6.45, 7) is 9.76. The molecule has 0 bridgehead atoms. The number of amides is 1. The highest BCUT2D eigenvalue weighted by Gasteiger charge is 2.25. The molecule has 0 spiro atoms. The molecule has 1 heterocycles. The molecule has 0 saturated heterocycles. The van der Waals surface area contributed by atoms with Gasteiger partial charge in [-0.2, -0.15) is 0 Å². The number of anilines is 1. The van der Waals surface area contributed by atoms with Crippen LogP contribution in [0.5, 0.6) is 5.75 Å².